The van der Waals surface area contributed by atoms with Crippen LogP contribution in [0.2, 0.25) is 0 Å². The Hall–Kier alpha value is -3.58. The predicted molar refractivity (Wildman–Crippen MR) is 107 cm³/mol. The number of thiophene rings is 1. The summed E-state index contributed by atoms with van der Waals surface area (Å²) < 4.78 is 0. The second kappa shape index (κ2) is 6.30. The van der Waals surface area contributed by atoms with Crippen LogP contribution in [0.25, 0.3) is 32.2 Å². The van der Waals surface area contributed by atoms with Crippen LogP contribution in [0, 0.1) is 0 Å². The SMILES string of the molecule is Oc1[nH]c2ccccc2c1N=Nc1ncnc2scc(-c3ccccc3)c12. The highest BCUT2D eigenvalue weighted by Gasteiger charge is 2.14. The van der Waals surface area contributed by atoms with E-state index in [-0.39, 0.29) is 5.88 Å². The van der Waals surface area contributed by atoms with Gasteiger partial charge in [-0.05, 0) is 11.6 Å². The molecule has 0 atom stereocenters. The molecule has 0 saturated carbocycles. The second-order valence-electron chi connectivity index (χ2n) is 5.96. The summed E-state index contributed by atoms with van der Waals surface area (Å²) in [5, 5.41) is 22.5. The van der Waals surface area contributed by atoms with Gasteiger partial charge in [-0.2, -0.15) is 0 Å². The summed E-state index contributed by atoms with van der Waals surface area (Å²) in [5.41, 5.74) is 3.30. The average molecular weight is 371 g/mol. The van der Waals surface area contributed by atoms with Crippen molar-refractivity contribution in [2.45, 2.75) is 0 Å². The van der Waals surface area contributed by atoms with Crippen molar-refractivity contribution in [1.29, 1.82) is 0 Å². The first-order valence-electron chi connectivity index (χ1n) is 8.30. The van der Waals surface area contributed by atoms with Crippen molar-refractivity contribution < 1.29 is 5.11 Å². The molecule has 2 N–H and O–H groups in total. The van der Waals surface area contributed by atoms with Crippen molar-refractivity contribution in [3.8, 4) is 17.0 Å². The summed E-state index contributed by atoms with van der Waals surface area (Å²) in [7, 11) is 0. The lowest BCUT2D eigenvalue weighted by Crippen LogP contribution is -1.81. The van der Waals surface area contributed by atoms with Gasteiger partial charge in [-0.3, -0.25) is 0 Å². The number of azo groups is 1. The zero-order valence-electron chi connectivity index (χ0n) is 14.0. The van der Waals surface area contributed by atoms with E-state index in [1.807, 2.05) is 54.6 Å². The van der Waals surface area contributed by atoms with E-state index in [0.717, 1.165) is 32.2 Å². The molecule has 0 aliphatic carbocycles. The smallest absolute Gasteiger partial charge is 0.218 e. The molecule has 0 amide bonds. The van der Waals surface area contributed by atoms with Crippen LogP contribution in [0.15, 0.2) is 76.5 Å². The number of hydrogen-bond acceptors (Lipinski definition) is 6. The van der Waals surface area contributed by atoms with Gasteiger partial charge in [0.15, 0.2) is 11.5 Å². The standard InChI is InChI=1S/C20H13N5OS/c26-19-17(13-8-4-5-9-15(13)23-19)24-25-18-16-14(12-6-2-1-3-7-12)10-27-20(16)22-11-21-18/h1-11,23,26H. The maximum Gasteiger partial charge on any atom is 0.218 e. The van der Waals surface area contributed by atoms with Crippen LogP contribution >= 0.6 is 11.3 Å². The molecule has 6 nitrogen and oxygen atoms in total. The van der Waals surface area contributed by atoms with E-state index in [2.05, 4.69) is 30.6 Å². The molecule has 0 radical (unpaired) electrons. The Morgan fingerprint density at radius 2 is 1.74 bits per heavy atom. The van der Waals surface area contributed by atoms with Crippen LogP contribution in [-0.4, -0.2) is 20.1 Å². The van der Waals surface area contributed by atoms with Crippen molar-refractivity contribution in [3.63, 3.8) is 0 Å². The van der Waals surface area contributed by atoms with E-state index in [0.29, 0.717) is 11.5 Å². The maximum atomic E-state index is 10.2. The number of nitrogens with zero attached hydrogens (tertiary/aromatic N) is 4. The van der Waals surface area contributed by atoms with Crippen LogP contribution in [0.4, 0.5) is 11.5 Å². The predicted octanol–water partition coefficient (Wildman–Crippen LogP) is 5.96. The third kappa shape index (κ3) is 2.65. The summed E-state index contributed by atoms with van der Waals surface area (Å²) in [6, 6.07) is 17.6. The second-order valence-corrected chi connectivity index (χ2v) is 6.82. The summed E-state index contributed by atoms with van der Waals surface area (Å²) in [6.07, 6.45) is 1.48. The maximum absolute atomic E-state index is 10.2. The summed E-state index contributed by atoms with van der Waals surface area (Å²) in [4.78, 5) is 12.4. The Balaban J connectivity index is 1.66. The third-order valence-corrected chi connectivity index (χ3v) is 5.23. The van der Waals surface area contributed by atoms with Gasteiger partial charge in [-0.15, -0.1) is 21.6 Å². The highest BCUT2D eigenvalue weighted by Crippen LogP contribution is 2.40. The molecule has 0 spiro atoms. The molecule has 0 aliphatic rings. The molecule has 0 unspecified atom stereocenters. The van der Waals surface area contributed by atoms with E-state index in [9.17, 15) is 5.11 Å². The van der Waals surface area contributed by atoms with Crippen molar-refractivity contribution in [3.05, 3.63) is 66.3 Å². The minimum absolute atomic E-state index is 0.0150. The Kier molecular flexibility index (Phi) is 3.65. The molecular formula is C20H13N5OS. The first kappa shape index (κ1) is 15.7. The van der Waals surface area contributed by atoms with Gasteiger partial charge >= 0.3 is 0 Å². The number of aromatic nitrogens is 3. The van der Waals surface area contributed by atoms with Gasteiger partial charge in [0, 0.05) is 16.3 Å². The quantitative estimate of drug-likeness (QED) is 0.384. The van der Waals surface area contributed by atoms with Crippen molar-refractivity contribution in [2.75, 3.05) is 0 Å². The highest BCUT2D eigenvalue weighted by molar-refractivity contribution is 7.17. The van der Waals surface area contributed by atoms with Gasteiger partial charge in [0.2, 0.25) is 5.88 Å². The van der Waals surface area contributed by atoms with E-state index in [1.165, 1.54) is 6.33 Å². The number of benzene rings is 2. The van der Waals surface area contributed by atoms with Gasteiger partial charge in [-0.25, -0.2) is 9.97 Å². The van der Waals surface area contributed by atoms with Crippen molar-refractivity contribution in [2.24, 2.45) is 10.2 Å². The lowest BCUT2D eigenvalue weighted by atomic mass is 10.1. The number of hydrogen-bond donors (Lipinski definition) is 2. The number of H-pyrrole nitrogens is 1. The fourth-order valence-electron chi connectivity index (χ4n) is 3.08. The van der Waals surface area contributed by atoms with Crippen LogP contribution < -0.4 is 0 Å². The van der Waals surface area contributed by atoms with Crippen LogP contribution in [-0.2, 0) is 0 Å². The lowest BCUT2D eigenvalue weighted by molar-refractivity contribution is 0.459. The van der Waals surface area contributed by atoms with Gasteiger partial charge in [0.05, 0.1) is 10.9 Å². The largest absolute Gasteiger partial charge is 0.493 e. The zero-order valence-corrected chi connectivity index (χ0v) is 14.8. The third-order valence-electron chi connectivity index (χ3n) is 4.34. The molecule has 27 heavy (non-hydrogen) atoms. The van der Waals surface area contributed by atoms with Crippen molar-refractivity contribution >= 4 is 44.0 Å². The molecule has 5 rings (SSSR count). The molecule has 5 aromatic rings. The van der Waals surface area contributed by atoms with E-state index in [4.69, 9.17) is 0 Å². The van der Waals surface area contributed by atoms with E-state index in [1.54, 1.807) is 11.3 Å². The van der Waals surface area contributed by atoms with Crippen LogP contribution in [0.3, 0.4) is 0 Å². The van der Waals surface area contributed by atoms with Crippen LogP contribution in [0.1, 0.15) is 0 Å². The summed E-state index contributed by atoms with van der Waals surface area (Å²) in [5.74, 6) is 0.462. The molecular weight excluding hydrogens is 358 g/mol. The first-order chi connectivity index (χ1) is 13.3. The fraction of sp³-hybridized carbons (Fsp3) is 0. The molecule has 7 heteroatoms. The highest BCUT2D eigenvalue weighted by atomic mass is 32.1. The first-order valence-corrected chi connectivity index (χ1v) is 9.18. The topological polar surface area (TPSA) is 86.5 Å². The number of rotatable bonds is 3. The molecule has 0 fully saturated rings. The number of para-hydroxylation sites is 1. The van der Waals surface area contributed by atoms with Gasteiger partial charge in [-0.1, -0.05) is 48.5 Å². The molecule has 3 aromatic heterocycles. The van der Waals surface area contributed by atoms with E-state index >= 15 is 0 Å². The minimum atomic E-state index is -0.0150. The zero-order chi connectivity index (χ0) is 18.2. The molecule has 0 bridgehead atoms. The molecule has 130 valence electrons. The van der Waals surface area contributed by atoms with Crippen LogP contribution in [0.5, 0.6) is 5.88 Å². The molecule has 0 aliphatic heterocycles. The number of fused-ring (bicyclic) bond motifs is 2. The normalized spacial score (nSPS) is 11.7. The number of aromatic hydroxyl groups is 1. The average Bonchev–Trinajstić information content (AvgIpc) is 3.28. The van der Waals surface area contributed by atoms with Gasteiger partial charge < -0.3 is 10.1 Å². The molecule has 0 saturated heterocycles. The monoisotopic (exact) mass is 371 g/mol. The van der Waals surface area contributed by atoms with Gasteiger partial charge in [0.1, 0.15) is 11.2 Å². The van der Waals surface area contributed by atoms with Gasteiger partial charge in [0.25, 0.3) is 0 Å². The summed E-state index contributed by atoms with van der Waals surface area (Å²) >= 11 is 1.54. The Morgan fingerprint density at radius 3 is 2.63 bits per heavy atom. The minimum Gasteiger partial charge on any atom is -0.493 e. The van der Waals surface area contributed by atoms with E-state index < -0.39 is 0 Å². The summed E-state index contributed by atoms with van der Waals surface area (Å²) in [6.45, 7) is 0. The Labute approximate surface area is 157 Å². The lowest BCUT2D eigenvalue weighted by Gasteiger charge is -2.01. The van der Waals surface area contributed by atoms with Crippen molar-refractivity contribution in [1.82, 2.24) is 15.0 Å². The Morgan fingerprint density at radius 1 is 0.926 bits per heavy atom. The fourth-order valence-corrected chi connectivity index (χ4v) is 3.99. The molecule has 3 heterocycles. The number of nitrogens with one attached hydrogen (secondary N) is 1. The molecule has 2 aromatic carbocycles. The number of aromatic amines is 1. The Bertz CT molecular complexity index is 1290.